The normalized spacial score (nSPS) is 26.5. The van der Waals surface area contributed by atoms with Crippen LogP contribution in [-0.2, 0) is 4.79 Å². The number of rotatable bonds is 3. The molecule has 0 unspecified atom stereocenters. The zero-order chi connectivity index (χ0) is 11.5. The van der Waals surface area contributed by atoms with Gasteiger partial charge in [0.2, 0.25) is 5.91 Å². The van der Waals surface area contributed by atoms with Crippen molar-refractivity contribution in [2.45, 2.75) is 25.3 Å². The Morgan fingerprint density at radius 3 is 2.69 bits per heavy atom. The molecule has 0 bridgehead atoms. The number of amides is 1. The van der Waals surface area contributed by atoms with Gasteiger partial charge in [-0.3, -0.25) is 4.79 Å². The predicted octanol–water partition coefficient (Wildman–Crippen LogP) is 1.29. The van der Waals surface area contributed by atoms with Crippen molar-refractivity contribution >= 4 is 5.91 Å². The number of carbonyl (C=O) groups excluding carboxylic acids is 1. The Labute approximate surface area is 95.5 Å². The first kappa shape index (κ1) is 11.1. The molecule has 1 fully saturated rings. The Morgan fingerprint density at radius 1 is 1.44 bits per heavy atom. The molecule has 1 heterocycles. The van der Waals surface area contributed by atoms with Gasteiger partial charge in [0, 0.05) is 5.92 Å². The molecule has 1 saturated heterocycles. The fraction of sp³-hybridized carbons (Fsp3) is 0.462. The van der Waals surface area contributed by atoms with Gasteiger partial charge >= 0.3 is 0 Å². The topological polar surface area (TPSA) is 49.3 Å². The zero-order valence-corrected chi connectivity index (χ0v) is 9.39. The number of hydrogen-bond acceptors (Lipinski definition) is 2. The molecule has 1 aliphatic rings. The quantitative estimate of drug-likeness (QED) is 0.804. The third-order valence-corrected chi connectivity index (χ3v) is 3.37. The van der Waals surface area contributed by atoms with E-state index < -0.39 is 0 Å². The molecule has 86 valence electrons. The number of aliphatic hydroxyl groups is 1. The summed E-state index contributed by atoms with van der Waals surface area (Å²) in [5, 5.41) is 11.9. The minimum Gasteiger partial charge on any atom is -0.394 e. The summed E-state index contributed by atoms with van der Waals surface area (Å²) >= 11 is 0. The largest absolute Gasteiger partial charge is 0.394 e. The minimum atomic E-state index is -0.0661. The summed E-state index contributed by atoms with van der Waals surface area (Å²) in [7, 11) is 0. The van der Waals surface area contributed by atoms with E-state index in [4.69, 9.17) is 5.11 Å². The van der Waals surface area contributed by atoms with Crippen molar-refractivity contribution in [2.75, 3.05) is 6.61 Å². The van der Waals surface area contributed by atoms with Gasteiger partial charge < -0.3 is 10.4 Å². The first-order chi connectivity index (χ1) is 7.72. The van der Waals surface area contributed by atoms with Gasteiger partial charge in [0.1, 0.15) is 0 Å². The maximum absolute atomic E-state index is 11.7. The van der Waals surface area contributed by atoms with Crippen LogP contribution in [0.15, 0.2) is 30.3 Å². The van der Waals surface area contributed by atoms with Gasteiger partial charge in [-0.1, -0.05) is 37.3 Å². The molecule has 2 N–H and O–H groups in total. The van der Waals surface area contributed by atoms with Gasteiger partial charge in [-0.25, -0.2) is 0 Å². The van der Waals surface area contributed by atoms with E-state index in [1.165, 1.54) is 5.56 Å². The zero-order valence-electron chi connectivity index (χ0n) is 9.39. The van der Waals surface area contributed by atoms with E-state index >= 15 is 0 Å². The van der Waals surface area contributed by atoms with Crippen molar-refractivity contribution in [3.63, 3.8) is 0 Å². The van der Waals surface area contributed by atoms with Crippen molar-refractivity contribution < 1.29 is 9.90 Å². The van der Waals surface area contributed by atoms with Crippen LogP contribution in [0, 0.1) is 5.92 Å². The lowest BCUT2D eigenvalue weighted by atomic mass is 9.85. The molecule has 1 aromatic carbocycles. The van der Waals surface area contributed by atoms with Crippen molar-refractivity contribution in [3.05, 3.63) is 35.9 Å². The summed E-state index contributed by atoms with van der Waals surface area (Å²) in [6.45, 7) is 2.10. The summed E-state index contributed by atoms with van der Waals surface area (Å²) in [5.74, 6) is 0.257. The maximum Gasteiger partial charge on any atom is 0.224 e. The van der Waals surface area contributed by atoms with Gasteiger partial charge in [0.15, 0.2) is 0 Å². The molecule has 1 amide bonds. The summed E-state index contributed by atoms with van der Waals surface area (Å²) in [5.41, 5.74) is 1.18. The average molecular weight is 219 g/mol. The van der Waals surface area contributed by atoms with Gasteiger partial charge in [0.25, 0.3) is 0 Å². The predicted molar refractivity (Wildman–Crippen MR) is 62.0 cm³/mol. The molecule has 1 aliphatic heterocycles. The molecule has 0 saturated carbocycles. The van der Waals surface area contributed by atoms with E-state index in [2.05, 4.69) is 12.2 Å². The molecule has 0 radical (unpaired) electrons. The fourth-order valence-electron chi connectivity index (χ4n) is 2.32. The van der Waals surface area contributed by atoms with Crippen LogP contribution in [0.4, 0.5) is 0 Å². The van der Waals surface area contributed by atoms with Crippen LogP contribution in [0.1, 0.15) is 24.8 Å². The SMILES string of the molecule is C[C@@H](c1ccccc1)[C@H]1C[C@H](CO)NC1=O. The Hall–Kier alpha value is -1.35. The third-order valence-electron chi connectivity index (χ3n) is 3.37. The Morgan fingerprint density at radius 2 is 2.12 bits per heavy atom. The van der Waals surface area contributed by atoms with Crippen LogP contribution in [0.2, 0.25) is 0 Å². The highest BCUT2D eigenvalue weighted by Gasteiger charge is 2.35. The van der Waals surface area contributed by atoms with Gasteiger partial charge in [0.05, 0.1) is 12.6 Å². The van der Waals surface area contributed by atoms with Crippen LogP contribution in [0.3, 0.4) is 0 Å². The van der Waals surface area contributed by atoms with E-state index in [0.717, 1.165) is 6.42 Å². The first-order valence-electron chi connectivity index (χ1n) is 5.68. The van der Waals surface area contributed by atoms with Crippen LogP contribution < -0.4 is 5.32 Å². The van der Waals surface area contributed by atoms with Crippen LogP contribution in [0.25, 0.3) is 0 Å². The number of carbonyl (C=O) groups is 1. The maximum atomic E-state index is 11.7. The highest BCUT2D eigenvalue weighted by molar-refractivity contribution is 5.82. The highest BCUT2D eigenvalue weighted by atomic mass is 16.3. The molecule has 0 spiro atoms. The van der Waals surface area contributed by atoms with Crippen molar-refractivity contribution in [1.29, 1.82) is 0 Å². The summed E-state index contributed by atoms with van der Waals surface area (Å²) < 4.78 is 0. The third kappa shape index (κ3) is 2.09. The van der Waals surface area contributed by atoms with Crippen LogP contribution >= 0.6 is 0 Å². The lowest BCUT2D eigenvalue weighted by Gasteiger charge is -2.17. The lowest BCUT2D eigenvalue weighted by Crippen LogP contribution is -2.29. The Kier molecular flexibility index (Phi) is 3.25. The fourth-order valence-corrected chi connectivity index (χ4v) is 2.32. The summed E-state index contributed by atoms with van der Waals surface area (Å²) in [6, 6.07) is 9.98. The van der Waals surface area contributed by atoms with Crippen LogP contribution in [0.5, 0.6) is 0 Å². The number of hydrogen-bond donors (Lipinski definition) is 2. The van der Waals surface area contributed by atoms with Crippen molar-refractivity contribution in [2.24, 2.45) is 5.92 Å². The smallest absolute Gasteiger partial charge is 0.224 e. The molecule has 2 rings (SSSR count). The highest BCUT2D eigenvalue weighted by Crippen LogP contribution is 2.31. The Bertz CT molecular complexity index is 363. The summed E-state index contributed by atoms with van der Waals surface area (Å²) in [4.78, 5) is 11.7. The van der Waals surface area contributed by atoms with Crippen molar-refractivity contribution in [3.8, 4) is 0 Å². The molecular weight excluding hydrogens is 202 g/mol. The number of nitrogens with one attached hydrogen (secondary N) is 1. The molecule has 3 nitrogen and oxygen atoms in total. The second-order valence-electron chi connectivity index (χ2n) is 4.43. The minimum absolute atomic E-state index is 0.0143. The average Bonchev–Trinajstić information content (AvgIpc) is 2.71. The molecule has 1 aromatic rings. The lowest BCUT2D eigenvalue weighted by molar-refractivity contribution is -0.123. The van der Waals surface area contributed by atoms with E-state index in [0.29, 0.717) is 0 Å². The molecule has 16 heavy (non-hydrogen) atoms. The monoisotopic (exact) mass is 219 g/mol. The van der Waals surface area contributed by atoms with E-state index in [1.54, 1.807) is 0 Å². The number of aliphatic hydroxyl groups excluding tert-OH is 1. The molecule has 3 heteroatoms. The van der Waals surface area contributed by atoms with E-state index in [-0.39, 0.29) is 30.4 Å². The first-order valence-corrected chi connectivity index (χ1v) is 5.68. The molecular formula is C13H17NO2. The van der Waals surface area contributed by atoms with Gasteiger partial charge in [-0.2, -0.15) is 0 Å². The second-order valence-corrected chi connectivity index (χ2v) is 4.43. The Balaban J connectivity index is 2.11. The molecule has 0 aromatic heterocycles. The standard InChI is InChI=1S/C13H17NO2/c1-9(10-5-3-2-4-6-10)12-7-11(8-15)14-13(12)16/h2-6,9,11-12,15H,7-8H2,1H3,(H,14,16)/t9-,11+,12+/m0/s1. The summed E-state index contributed by atoms with van der Waals surface area (Å²) in [6.07, 6.45) is 0.728. The van der Waals surface area contributed by atoms with E-state index in [9.17, 15) is 4.79 Å². The molecule has 3 atom stereocenters. The number of benzene rings is 1. The van der Waals surface area contributed by atoms with E-state index in [1.807, 2.05) is 30.3 Å². The van der Waals surface area contributed by atoms with Crippen LogP contribution in [-0.4, -0.2) is 23.7 Å². The van der Waals surface area contributed by atoms with Gasteiger partial charge in [-0.15, -0.1) is 0 Å². The van der Waals surface area contributed by atoms with Gasteiger partial charge in [-0.05, 0) is 17.9 Å². The van der Waals surface area contributed by atoms with Crippen molar-refractivity contribution in [1.82, 2.24) is 5.32 Å². The molecule has 0 aliphatic carbocycles. The second kappa shape index (κ2) is 4.66.